The van der Waals surface area contributed by atoms with Gasteiger partial charge in [-0.05, 0) is 18.2 Å². The number of rotatable bonds is 4. The molecule has 1 fully saturated rings. The van der Waals surface area contributed by atoms with E-state index in [1.807, 2.05) is 0 Å². The Balaban J connectivity index is 1.95. The number of aromatic carboxylic acids is 1. The zero-order chi connectivity index (χ0) is 14.5. The summed E-state index contributed by atoms with van der Waals surface area (Å²) in [5.74, 6) is -1.61. The number of piperazine rings is 1. The Morgan fingerprint density at radius 3 is 2.85 bits per heavy atom. The normalized spacial score (nSPS) is 18.2. The zero-order valence-electron chi connectivity index (χ0n) is 10.7. The number of nitrogens with one attached hydrogen (secondary N) is 3. The summed E-state index contributed by atoms with van der Waals surface area (Å²) < 4.78 is 0. The van der Waals surface area contributed by atoms with Crippen molar-refractivity contribution in [2.24, 2.45) is 0 Å². The number of amides is 2. The second-order valence-electron chi connectivity index (χ2n) is 4.44. The molecule has 7 heteroatoms. The molecule has 0 spiro atoms. The smallest absolute Gasteiger partial charge is 0.335 e. The van der Waals surface area contributed by atoms with Crippen LogP contribution in [-0.4, -0.2) is 42.0 Å². The molecule has 1 unspecified atom stereocenters. The van der Waals surface area contributed by atoms with Gasteiger partial charge in [0, 0.05) is 18.8 Å². The first-order chi connectivity index (χ1) is 9.56. The largest absolute Gasteiger partial charge is 0.478 e. The fraction of sp³-hybridized carbons (Fsp3) is 0.308. The van der Waals surface area contributed by atoms with E-state index in [1.165, 1.54) is 12.1 Å². The maximum absolute atomic E-state index is 11.8. The third-order valence-electron chi connectivity index (χ3n) is 2.91. The number of carbonyl (C=O) groups is 3. The van der Waals surface area contributed by atoms with E-state index in [2.05, 4.69) is 16.0 Å². The maximum Gasteiger partial charge on any atom is 0.335 e. The van der Waals surface area contributed by atoms with E-state index in [1.54, 1.807) is 12.1 Å². The fourth-order valence-corrected chi connectivity index (χ4v) is 1.94. The summed E-state index contributed by atoms with van der Waals surface area (Å²) in [4.78, 5) is 34.1. The van der Waals surface area contributed by atoms with Gasteiger partial charge in [0.1, 0.15) is 0 Å². The molecular weight excluding hydrogens is 262 g/mol. The van der Waals surface area contributed by atoms with Crippen molar-refractivity contribution in [3.63, 3.8) is 0 Å². The van der Waals surface area contributed by atoms with Crippen molar-refractivity contribution >= 4 is 23.5 Å². The van der Waals surface area contributed by atoms with Gasteiger partial charge in [0.2, 0.25) is 11.8 Å². The first-order valence-electron chi connectivity index (χ1n) is 6.20. The van der Waals surface area contributed by atoms with Gasteiger partial charge in [-0.25, -0.2) is 4.79 Å². The van der Waals surface area contributed by atoms with E-state index < -0.39 is 12.0 Å². The molecule has 1 atom stereocenters. The maximum atomic E-state index is 11.8. The third kappa shape index (κ3) is 3.55. The zero-order valence-corrected chi connectivity index (χ0v) is 10.7. The molecule has 1 heterocycles. The van der Waals surface area contributed by atoms with Crippen LogP contribution in [0.3, 0.4) is 0 Å². The molecule has 0 bridgehead atoms. The third-order valence-corrected chi connectivity index (χ3v) is 2.91. The van der Waals surface area contributed by atoms with Crippen molar-refractivity contribution < 1.29 is 19.5 Å². The van der Waals surface area contributed by atoms with E-state index in [9.17, 15) is 14.4 Å². The van der Waals surface area contributed by atoms with Crippen molar-refractivity contribution in [2.75, 3.05) is 18.4 Å². The van der Waals surface area contributed by atoms with Gasteiger partial charge in [-0.15, -0.1) is 0 Å². The second kappa shape index (κ2) is 6.16. The molecule has 4 N–H and O–H groups in total. The lowest BCUT2D eigenvalue weighted by molar-refractivity contribution is -0.127. The summed E-state index contributed by atoms with van der Waals surface area (Å²) in [7, 11) is 0. The van der Waals surface area contributed by atoms with Gasteiger partial charge >= 0.3 is 5.97 Å². The van der Waals surface area contributed by atoms with Crippen LogP contribution in [0.4, 0.5) is 5.69 Å². The minimum Gasteiger partial charge on any atom is -0.478 e. The van der Waals surface area contributed by atoms with Crippen LogP contribution in [0.5, 0.6) is 0 Å². The molecule has 0 radical (unpaired) electrons. The Morgan fingerprint density at radius 1 is 1.35 bits per heavy atom. The Morgan fingerprint density at radius 2 is 2.15 bits per heavy atom. The van der Waals surface area contributed by atoms with Crippen molar-refractivity contribution in [2.45, 2.75) is 12.5 Å². The molecule has 0 saturated carbocycles. The Labute approximate surface area is 115 Å². The van der Waals surface area contributed by atoms with Crippen molar-refractivity contribution in [3.05, 3.63) is 29.8 Å². The first kappa shape index (κ1) is 14.0. The average molecular weight is 277 g/mol. The summed E-state index contributed by atoms with van der Waals surface area (Å²) in [6, 6.07) is 5.40. The van der Waals surface area contributed by atoms with Gasteiger partial charge in [0.15, 0.2) is 0 Å². The van der Waals surface area contributed by atoms with Crippen LogP contribution in [0, 0.1) is 0 Å². The van der Waals surface area contributed by atoms with Crippen LogP contribution in [-0.2, 0) is 9.59 Å². The number of carbonyl (C=O) groups excluding carboxylic acids is 2. The van der Waals surface area contributed by atoms with Crippen LogP contribution in [0.2, 0.25) is 0 Å². The van der Waals surface area contributed by atoms with Crippen LogP contribution >= 0.6 is 0 Å². The molecule has 1 saturated heterocycles. The topological polar surface area (TPSA) is 108 Å². The lowest BCUT2D eigenvalue weighted by Gasteiger charge is -2.22. The number of carboxylic acid groups (broad SMARTS) is 1. The minimum atomic E-state index is -1.06. The predicted octanol–water partition coefficient (Wildman–Crippen LogP) is -0.199. The molecule has 1 aliphatic rings. The molecule has 7 nitrogen and oxygen atoms in total. The predicted molar refractivity (Wildman–Crippen MR) is 71.4 cm³/mol. The molecule has 0 aliphatic carbocycles. The monoisotopic (exact) mass is 277 g/mol. The van der Waals surface area contributed by atoms with Gasteiger partial charge < -0.3 is 21.1 Å². The van der Waals surface area contributed by atoms with E-state index in [4.69, 9.17) is 5.11 Å². The molecule has 106 valence electrons. The van der Waals surface area contributed by atoms with Crippen molar-refractivity contribution in [1.82, 2.24) is 10.6 Å². The highest BCUT2D eigenvalue weighted by molar-refractivity contribution is 5.97. The van der Waals surface area contributed by atoms with Crippen molar-refractivity contribution in [1.29, 1.82) is 0 Å². The Hall–Kier alpha value is -2.41. The quantitative estimate of drug-likeness (QED) is 0.609. The summed E-state index contributed by atoms with van der Waals surface area (Å²) in [6.45, 7) is 1.18. The molecule has 20 heavy (non-hydrogen) atoms. The highest BCUT2D eigenvalue weighted by atomic mass is 16.4. The van der Waals surface area contributed by atoms with Crippen LogP contribution < -0.4 is 16.0 Å². The average Bonchev–Trinajstić information content (AvgIpc) is 2.41. The van der Waals surface area contributed by atoms with E-state index >= 15 is 0 Å². The van der Waals surface area contributed by atoms with Gasteiger partial charge in [0.05, 0.1) is 18.0 Å². The molecule has 0 aromatic heterocycles. The summed E-state index contributed by atoms with van der Waals surface area (Å²) in [6.07, 6.45) is 0.00311. The van der Waals surface area contributed by atoms with Crippen LogP contribution in [0.15, 0.2) is 24.3 Å². The summed E-state index contributed by atoms with van der Waals surface area (Å²) in [5.41, 5.74) is 0.488. The van der Waals surface area contributed by atoms with Crippen molar-refractivity contribution in [3.8, 4) is 0 Å². The summed E-state index contributed by atoms with van der Waals surface area (Å²) >= 11 is 0. The standard InChI is InChI=1S/C13H15N3O4/c17-11(7-10-12(18)15-5-4-14-10)16-9-3-1-2-8(6-9)13(19)20/h1-3,6,10,14H,4-5,7H2,(H,15,18)(H,16,17)(H,19,20). The van der Waals surface area contributed by atoms with Crippen LogP contribution in [0.1, 0.15) is 16.8 Å². The lowest BCUT2D eigenvalue weighted by Crippen LogP contribution is -2.53. The molecule has 2 rings (SSSR count). The second-order valence-corrected chi connectivity index (χ2v) is 4.44. The number of benzene rings is 1. The lowest BCUT2D eigenvalue weighted by atomic mass is 10.1. The Bertz CT molecular complexity index is 544. The Kier molecular flexibility index (Phi) is 4.31. The number of anilines is 1. The number of carboxylic acids is 1. The number of hydrogen-bond donors (Lipinski definition) is 4. The fourth-order valence-electron chi connectivity index (χ4n) is 1.94. The highest BCUT2D eigenvalue weighted by Gasteiger charge is 2.24. The van der Waals surface area contributed by atoms with E-state index in [0.29, 0.717) is 18.8 Å². The van der Waals surface area contributed by atoms with Gasteiger partial charge in [-0.1, -0.05) is 6.07 Å². The van der Waals surface area contributed by atoms with Gasteiger partial charge in [0.25, 0.3) is 0 Å². The number of hydrogen-bond acceptors (Lipinski definition) is 4. The van der Waals surface area contributed by atoms with Gasteiger partial charge in [-0.3, -0.25) is 9.59 Å². The van der Waals surface area contributed by atoms with Crippen LogP contribution in [0.25, 0.3) is 0 Å². The molecular formula is C13H15N3O4. The molecule has 1 aromatic carbocycles. The van der Waals surface area contributed by atoms with E-state index in [0.717, 1.165) is 0 Å². The minimum absolute atomic E-state index is 0.00311. The first-order valence-corrected chi connectivity index (χ1v) is 6.20. The highest BCUT2D eigenvalue weighted by Crippen LogP contribution is 2.11. The summed E-state index contributed by atoms with van der Waals surface area (Å²) in [5, 5.41) is 17.1. The SMILES string of the molecule is O=C(CC1NCCNC1=O)Nc1cccc(C(=O)O)c1. The molecule has 1 aromatic rings. The van der Waals surface area contributed by atoms with E-state index in [-0.39, 0.29) is 23.8 Å². The molecule has 2 amide bonds. The van der Waals surface area contributed by atoms with Gasteiger partial charge in [-0.2, -0.15) is 0 Å². The molecule has 1 aliphatic heterocycles.